The van der Waals surface area contributed by atoms with Gasteiger partial charge in [0.25, 0.3) is 0 Å². The number of carboxylic acid groups (broad SMARTS) is 1. The lowest BCUT2D eigenvalue weighted by molar-refractivity contribution is -0.138. The number of benzene rings is 3. The molecule has 0 unspecified atom stereocenters. The molecule has 0 aliphatic heterocycles. The van der Waals surface area contributed by atoms with Crippen LogP contribution in [0.4, 0.5) is 0 Å². The monoisotopic (exact) mass is 387 g/mol. The average molecular weight is 387 g/mol. The lowest BCUT2D eigenvalue weighted by Gasteiger charge is -2.11. The molecule has 5 nitrogen and oxygen atoms in total. The zero-order valence-electron chi connectivity index (χ0n) is 16.3. The van der Waals surface area contributed by atoms with Gasteiger partial charge in [-0.05, 0) is 52.6 Å². The molecule has 0 spiro atoms. The molecule has 29 heavy (non-hydrogen) atoms. The normalized spacial score (nSPS) is 11.9. The van der Waals surface area contributed by atoms with Gasteiger partial charge in [0, 0.05) is 16.7 Å². The molecule has 3 aromatic carbocycles. The number of carbonyl (C=O) groups excluding carboxylic acids is 1. The summed E-state index contributed by atoms with van der Waals surface area (Å²) in [5.41, 5.74) is 2.07. The number of aliphatic carboxylic acids is 1. The lowest BCUT2D eigenvalue weighted by atomic mass is 9.93. The largest absolute Gasteiger partial charge is 0.478 e. The molecule has 0 aliphatic carbocycles. The zero-order chi connectivity index (χ0) is 21.0. The molecular weight excluding hydrogens is 366 g/mol. The van der Waals surface area contributed by atoms with Gasteiger partial charge in [-0.1, -0.05) is 61.1 Å². The first-order valence-corrected chi connectivity index (χ1v) is 9.21. The number of carbonyl (C=O) groups is 2. The molecule has 0 saturated carbocycles. The van der Waals surface area contributed by atoms with Crippen molar-refractivity contribution in [2.45, 2.75) is 20.3 Å². The number of nitrogens with zero attached hydrogens (tertiary/aromatic N) is 1. The van der Waals surface area contributed by atoms with Crippen LogP contribution >= 0.6 is 0 Å². The Hall–Kier alpha value is -3.73. The lowest BCUT2D eigenvalue weighted by Crippen LogP contribution is -2.01. The van der Waals surface area contributed by atoms with E-state index < -0.39 is 11.9 Å². The minimum absolute atomic E-state index is 0.252. The number of fused-ring (bicyclic) bond motifs is 2. The summed E-state index contributed by atoms with van der Waals surface area (Å²) in [6.07, 6.45) is 3.57. The molecule has 0 radical (unpaired) electrons. The molecule has 1 N–H and O–H groups in total. The topological polar surface area (TPSA) is 76.0 Å². The smallest absolute Gasteiger partial charge is 0.360 e. The van der Waals surface area contributed by atoms with Gasteiger partial charge in [-0.25, -0.2) is 9.59 Å². The van der Waals surface area contributed by atoms with E-state index in [-0.39, 0.29) is 5.57 Å². The third-order valence-electron chi connectivity index (χ3n) is 4.61. The van der Waals surface area contributed by atoms with Crippen molar-refractivity contribution in [2.75, 3.05) is 0 Å². The summed E-state index contributed by atoms with van der Waals surface area (Å²) in [5, 5.41) is 17.0. The van der Waals surface area contributed by atoms with Gasteiger partial charge in [-0.15, -0.1) is 0 Å². The first-order valence-electron chi connectivity index (χ1n) is 9.21. The van der Waals surface area contributed by atoms with Crippen LogP contribution in [-0.4, -0.2) is 23.3 Å². The number of rotatable bonds is 6. The Labute approximate surface area is 168 Å². The van der Waals surface area contributed by atoms with E-state index in [0.29, 0.717) is 12.0 Å². The van der Waals surface area contributed by atoms with E-state index in [0.717, 1.165) is 32.7 Å². The van der Waals surface area contributed by atoms with Gasteiger partial charge in [0.1, 0.15) is 0 Å². The van der Waals surface area contributed by atoms with Gasteiger partial charge < -0.3 is 9.94 Å². The fraction of sp³-hybridized carbons (Fsp3) is 0.125. The van der Waals surface area contributed by atoms with Crippen molar-refractivity contribution in [2.24, 2.45) is 5.16 Å². The van der Waals surface area contributed by atoms with Crippen molar-refractivity contribution in [3.63, 3.8) is 0 Å². The van der Waals surface area contributed by atoms with Crippen molar-refractivity contribution >= 4 is 45.8 Å². The maximum atomic E-state index is 11.7. The molecule has 146 valence electrons. The number of hydrogen-bond acceptors (Lipinski definition) is 4. The van der Waals surface area contributed by atoms with Crippen LogP contribution < -0.4 is 0 Å². The van der Waals surface area contributed by atoms with Crippen molar-refractivity contribution in [1.82, 2.24) is 0 Å². The quantitative estimate of drug-likeness (QED) is 0.204. The Morgan fingerprint density at radius 2 is 1.86 bits per heavy atom. The summed E-state index contributed by atoms with van der Waals surface area (Å²) >= 11 is 0. The summed E-state index contributed by atoms with van der Waals surface area (Å²) in [4.78, 5) is 28.1. The van der Waals surface area contributed by atoms with Crippen LogP contribution in [-0.2, 0) is 14.4 Å². The molecule has 0 atom stereocenters. The predicted octanol–water partition coefficient (Wildman–Crippen LogP) is 5.32. The van der Waals surface area contributed by atoms with E-state index in [2.05, 4.69) is 11.7 Å². The van der Waals surface area contributed by atoms with E-state index in [1.54, 1.807) is 19.9 Å². The molecule has 0 aliphatic rings. The van der Waals surface area contributed by atoms with Gasteiger partial charge in [0.2, 0.25) is 0 Å². The van der Waals surface area contributed by atoms with Gasteiger partial charge in [0.15, 0.2) is 0 Å². The molecule has 0 fully saturated rings. The van der Waals surface area contributed by atoms with Gasteiger partial charge in [-0.3, -0.25) is 0 Å². The van der Waals surface area contributed by atoms with Crippen LogP contribution in [0.3, 0.4) is 0 Å². The Kier molecular flexibility index (Phi) is 5.88. The fourth-order valence-electron chi connectivity index (χ4n) is 3.15. The van der Waals surface area contributed by atoms with Crippen molar-refractivity contribution in [1.29, 1.82) is 0 Å². The third kappa shape index (κ3) is 4.24. The maximum Gasteiger partial charge on any atom is 0.360 e. The maximum absolute atomic E-state index is 11.7. The molecule has 0 saturated heterocycles. The van der Waals surface area contributed by atoms with E-state index in [4.69, 9.17) is 4.84 Å². The minimum atomic E-state index is -0.948. The number of oxime groups is 1. The predicted molar refractivity (Wildman–Crippen MR) is 116 cm³/mol. The molecule has 0 amide bonds. The summed E-state index contributed by atoms with van der Waals surface area (Å²) in [7, 11) is 0. The molecular formula is C24H21NO4. The van der Waals surface area contributed by atoms with Crippen LogP contribution in [0.5, 0.6) is 0 Å². The van der Waals surface area contributed by atoms with Crippen LogP contribution in [0, 0.1) is 0 Å². The highest BCUT2D eigenvalue weighted by Crippen LogP contribution is 2.31. The molecule has 0 heterocycles. The second-order valence-corrected chi connectivity index (χ2v) is 6.68. The van der Waals surface area contributed by atoms with Crippen LogP contribution in [0.25, 0.3) is 27.6 Å². The standard InChI is InChI=1S/C24H21NO4/c1-4-16(23(26)27)12-18-9-7-10-19-13-17-8-5-6-11-20(17)21(22(18)19)14-25-29-24(28)15(2)3/h5-14H,2,4H2,1,3H3,(H,26,27). The Morgan fingerprint density at radius 1 is 1.14 bits per heavy atom. The van der Waals surface area contributed by atoms with E-state index >= 15 is 0 Å². The van der Waals surface area contributed by atoms with E-state index in [9.17, 15) is 14.7 Å². The first-order chi connectivity index (χ1) is 13.9. The SMILES string of the molecule is C=C(C)C(=O)ON=Cc1c2ccccc2cc2cccc(C=C(CC)C(=O)O)c12. The van der Waals surface area contributed by atoms with Crippen LogP contribution in [0.1, 0.15) is 31.4 Å². The Balaban J connectivity index is 2.29. The highest BCUT2D eigenvalue weighted by Gasteiger charge is 2.12. The van der Waals surface area contributed by atoms with Gasteiger partial charge in [0.05, 0.1) is 6.21 Å². The highest BCUT2D eigenvalue weighted by atomic mass is 16.7. The third-order valence-corrected chi connectivity index (χ3v) is 4.61. The molecule has 3 aromatic rings. The molecule has 3 rings (SSSR count). The van der Waals surface area contributed by atoms with E-state index in [1.165, 1.54) is 6.21 Å². The number of hydrogen-bond donors (Lipinski definition) is 1. The molecule has 0 aromatic heterocycles. The molecule has 0 bridgehead atoms. The van der Waals surface area contributed by atoms with Gasteiger partial charge >= 0.3 is 11.9 Å². The van der Waals surface area contributed by atoms with Crippen LogP contribution in [0.2, 0.25) is 0 Å². The van der Waals surface area contributed by atoms with Gasteiger partial charge in [-0.2, -0.15) is 0 Å². The van der Waals surface area contributed by atoms with Crippen LogP contribution in [0.15, 0.2) is 71.4 Å². The summed E-state index contributed by atoms with van der Waals surface area (Å²) < 4.78 is 0. The van der Waals surface area contributed by atoms with Crippen molar-refractivity contribution in [3.05, 3.63) is 77.4 Å². The second kappa shape index (κ2) is 8.52. The Morgan fingerprint density at radius 3 is 2.55 bits per heavy atom. The summed E-state index contributed by atoms with van der Waals surface area (Å²) in [6.45, 7) is 6.89. The zero-order valence-corrected chi connectivity index (χ0v) is 16.3. The minimum Gasteiger partial charge on any atom is -0.478 e. The van der Waals surface area contributed by atoms with Crippen molar-refractivity contribution in [3.8, 4) is 0 Å². The Bertz CT molecular complexity index is 1190. The summed E-state index contributed by atoms with van der Waals surface area (Å²) in [5.74, 6) is -1.55. The second-order valence-electron chi connectivity index (χ2n) is 6.68. The fourth-order valence-corrected chi connectivity index (χ4v) is 3.15. The summed E-state index contributed by atoms with van der Waals surface area (Å²) in [6, 6.07) is 15.6. The van der Waals surface area contributed by atoms with Crippen molar-refractivity contribution < 1.29 is 19.5 Å². The highest BCUT2D eigenvalue weighted by molar-refractivity contribution is 6.16. The van der Waals surface area contributed by atoms with E-state index in [1.807, 2.05) is 48.5 Å². The first kappa shape index (κ1) is 20.0. The average Bonchev–Trinajstić information content (AvgIpc) is 2.70. The number of carboxylic acids is 1. The molecule has 5 heteroatoms.